The fourth-order valence-electron chi connectivity index (χ4n) is 16.1. The maximum absolute atomic E-state index is 2.67. The lowest BCUT2D eigenvalue weighted by molar-refractivity contribution is -0.00517. The highest BCUT2D eigenvalue weighted by Crippen LogP contribution is 2.63. The van der Waals surface area contributed by atoms with Crippen LogP contribution in [0.5, 0.6) is 0 Å². The van der Waals surface area contributed by atoms with Gasteiger partial charge in [0, 0.05) is 33.5 Å². The summed E-state index contributed by atoms with van der Waals surface area (Å²) in [6.45, 7) is 0. The van der Waals surface area contributed by atoms with Crippen molar-refractivity contribution in [2.24, 2.45) is 17.8 Å². The van der Waals surface area contributed by atoms with Gasteiger partial charge in [0.15, 0.2) is 0 Å². The van der Waals surface area contributed by atoms with Crippen molar-refractivity contribution in [1.82, 2.24) is 4.57 Å². The Hall–Kier alpha value is -8.72. The van der Waals surface area contributed by atoms with E-state index in [1.54, 1.807) is 5.56 Å². The Bertz CT molecular complexity index is 4140. The van der Waals surface area contributed by atoms with Gasteiger partial charge in [-0.3, -0.25) is 0 Å². The van der Waals surface area contributed by atoms with Gasteiger partial charge < -0.3 is 9.47 Å². The van der Waals surface area contributed by atoms with Crippen LogP contribution in [-0.2, 0) is 10.8 Å². The highest BCUT2D eigenvalue weighted by molar-refractivity contribution is 6.10. The number of fused-ring (bicyclic) bond motifs is 7. The zero-order valence-corrected chi connectivity index (χ0v) is 43.2. The van der Waals surface area contributed by atoms with E-state index < -0.39 is 5.41 Å². The minimum Gasteiger partial charge on any atom is -0.310 e. The highest BCUT2D eigenvalue weighted by atomic mass is 15.1. The van der Waals surface area contributed by atoms with Crippen molar-refractivity contribution in [1.29, 1.82) is 0 Å². The highest BCUT2D eigenvalue weighted by Gasteiger charge is 2.53. The Balaban J connectivity index is 0.886. The third-order valence-electron chi connectivity index (χ3n) is 18.8. The van der Waals surface area contributed by atoms with E-state index in [1.165, 1.54) is 127 Å². The van der Waals surface area contributed by atoms with E-state index in [-0.39, 0.29) is 0 Å². The van der Waals surface area contributed by atoms with E-state index in [9.17, 15) is 0 Å². The van der Waals surface area contributed by atoms with Crippen molar-refractivity contribution >= 4 is 49.6 Å². The first-order chi connectivity index (χ1) is 38.1. The molecule has 4 bridgehead atoms. The van der Waals surface area contributed by atoms with Gasteiger partial charge in [-0.15, -0.1) is 0 Å². The fourth-order valence-corrected chi connectivity index (χ4v) is 16.1. The quantitative estimate of drug-likeness (QED) is 0.140. The van der Waals surface area contributed by atoms with Crippen molar-refractivity contribution < 1.29 is 0 Å². The summed E-state index contributed by atoms with van der Waals surface area (Å²) in [5, 5.41) is 4.97. The summed E-state index contributed by atoms with van der Waals surface area (Å²) in [5.74, 6) is 2.69. The minimum absolute atomic E-state index is 0.315. The number of aromatic nitrogens is 1. The summed E-state index contributed by atoms with van der Waals surface area (Å²) in [6, 6.07) is 98.3. The molecule has 1 aromatic heterocycles. The Labute approximate surface area is 451 Å². The van der Waals surface area contributed by atoms with Crippen LogP contribution in [0.4, 0.5) is 17.1 Å². The number of benzene rings is 11. The number of anilines is 3. The van der Waals surface area contributed by atoms with Gasteiger partial charge in [-0.05, 0) is 194 Å². The minimum atomic E-state index is -0.502. The predicted molar refractivity (Wildman–Crippen MR) is 321 cm³/mol. The monoisotopic (exact) mass is 986 g/mol. The van der Waals surface area contributed by atoms with Gasteiger partial charge in [0.1, 0.15) is 0 Å². The summed E-state index contributed by atoms with van der Waals surface area (Å²) in [4.78, 5) is 2.48. The van der Waals surface area contributed by atoms with E-state index in [4.69, 9.17) is 0 Å². The molecule has 0 radical (unpaired) electrons. The van der Waals surface area contributed by atoms with Gasteiger partial charge in [-0.1, -0.05) is 200 Å². The lowest BCUT2D eigenvalue weighted by atomic mass is 9.48. The van der Waals surface area contributed by atoms with E-state index in [0.29, 0.717) is 5.41 Å². The number of rotatable bonds is 9. The molecule has 11 aromatic carbocycles. The van der Waals surface area contributed by atoms with Gasteiger partial charge in [0.25, 0.3) is 0 Å². The summed E-state index contributed by atoms with van der Waals surface area (Å²) in [7, 11) is 0. The average molecular weight is 987 g/mol. The van der Waals surface area contributed by atoms with E-state index in [0.717, 1.165) is 40.5 Å². The average Bonchev–Trinajstić information content (AvgIpc) is 4.11. The molecule has 0 saturated heterocycles. The molecule has 1 unspecified atom stereocenters. The summed E-state index contributed by atoms with van der Waals surface area (Å²) in [6.07, 6.45) is 8.45. The van der Waals surface area contributed by atoms with Gasteiger partial charge in [0.05, 0.1) is 16.4 Å². The summed E-state index contributed by atoms with van der Waals surface area (Å²) in [5.41, 5.74) is 21.2. The lowest BCUT2D eigenvalue weighted by Gasteiger charge is -2.57. The molecule has 0 aliphatic heterocycles. The number of hydrogen-bond acceptors (Lipinski definition) is 1. The first kappa shape index (κ1) is 44.6. The molecule has 1 atom stereocenters. The van der Waals surface area contributed by atoms with Crippen LogP contribution in [0.15, 0.2) is 261 Å². The molecule has 77 heavy (non-hydrogen) atoms. The second-order valence-electron chi connectivity index (χ2n) is 23.0. The maximum Gasteiger partial charge on any atom is 0.0713 e. The predicted octanol–water partition coefficient (Wildman–Crippen LogP) is 19.6. The molecule has 5 aliphatic rings. The van der Waals surface area contributed by atoms with Crippen molar-refractivity contribution in [3.63, 3.8) is 0 Å². The summed E-state index contributed by atoms with van der Waals surface area (Å²) < 4.78 is 2.41. The number of nitrogens with zero attached hydrogens (tertiary/aromatic N) is 2. The van der Waals surface area contributed by atoms with E-state index in [2.05, 4.69) is 270 Å². The Kier molecular flexibility index (Phi) is 10.1. The zero-order valence-electron chi connectivity index (χ0n) is 43.2. The molecule has 0 amide bonds. The SMILES string of the molecule is c1ccc(-c2cccc3cc(N(c4ccc(-n5c6ccccc6c6ccccc65)cc4)c4ccc(C5(c6ccccc6)c6ccccc6-c6cc(C78CC9CC(CC(C9)C7)C8)ccc65)cc4)cc(-c4ccccc4)c23)cc1. The largest absolute Gasteiger partial charge is 0.310 e. The molecule has 2 nitrogen and oxygen atoms in total. The number of para-hydroxylation sites is 2. The molecular formula is C75H58N2. The van der Waals surface area contributed by atoms with Crippen LogP contribution in [0.3, 0.4) is 0 Å². The van der Waals surface area contributed by atoms with Gasteiger partial charge in [-0.25, -0.2) is 0 Å². The van der Waals surface area contributed by atoms with Crippen molar-refractivity contribution in [3.05, 3.63) is 289 Å². The van der Waals surface area contributed by atoms with Crippen molar-refractivity contribution in [2.45, 2.75) is 49.4 Å². The Morgan fingerprint density at radius 2 is 0.857 bits per heavy atom. The van der Waals surface area contributed by atoms with Gasteiger partial charge >= 0.3 is 0 Å². The molecular weight excluding hydrogens is 929 g/mol. The zero-order chi connectivity index (χ0) is 50.7. The van der Waals surface area contributed by atoms with Crippen LogP contribution in [0.25, 0.3) is 71.6 Å². The fraction of sp³-hybridized carbons (Fsp3) is 0.147. The Morgan fingerprint density at radius 1 is 0.351 bits per heavy atom. The normalized spacial score (nSPS) is 20.9. The van der Waals surface area contributed by atoms with Crippen LogP contribution >= 0.6 is 0 Å². The molecule has 2 heteroatoms. The van der Waals surface area contributed by atoms with Crippen LogP contribution in [0.1, 0.15) is 66.3 Å². The first-order valence-electron chi connectivity index (χ1n) is 28.1. The van der Waals surface area contributed by atoms with Gasteiger partial charge in [-0.2, -0.15) is 0 Å². The molecule has 4 saturated carbocycles. The molecule has 0 spiro atoms. The smallest absolute Gasteiger partial charge is 0.0713 e. The summed E-state index contributed by atoms with van der Waals surface area (Å²) >= 11 is 0. The second-order valence-corrected chi connectivity index (χ2v) is 23.0. The second kappa shape index (κ2) is 17.4. The molecule has 4 fully saturated rings. The third-order valence-corrected chi connectivity index (χ3v) is 18.8. The number of hydrogen-bond donors (Lipinski definition) is 0. The molecule has 12 aromatic rings. The topological polar surface area (TPSA) is 8.17 Å². The molecule has 17 rings (SSSR count). The standard InChI is InChI=1S/C75H58N2/c1-4-17-53(18-5-1)63-27-16-21-55-44-62(46-67(73(55)63)54-19-6-2-7-20-54)76(60-36-38-61(39-37-60)77-71-29-14-11-25-65(71)66-26-12-15-30-72(66)77)59-34-31-57(32-35-59)75(56-22-8-3-9-23-56)69-28-13-10-24-64(69)68-45-58(33-40-70(68)75)74-47-50-41-51(48-74)43-52(42-50)49-74/h1-40,44-46,50-52H,41-43,47-49H2. The van der Waals surface area contributed by atoms with E-state index >= 15 is 0 Å². The Morgan fingerprint density at radius 3 is 1.51 bits per heavy atom. The van der Waals surface area contributed by atoms with Crippen molar-refractivity contribution in [2.75, 3.05) is 4.90 Å². The molecule has 368 valence electrons. The van der Waals surface area contributed by atoms with Crippen molar-refractivity contribution in [3.8, 4) is 39.1 Å². The molecule has 0 N–H and O–H groups in total. The van der Waals surface area contributed by atoms with Crippen LogP contribution in [0.2, 0.25) is 0 Å². The van der Waals surface area contributed by atoms with Crippen LogP contribution in [-0.4, -0.2) is 4.57 Å². The van der Waals surface area contributed by atoms with Crippen LogP contribution in [0, 0.1) is 17.8 Å². The molecule has 1 heterocycles. The van der Waals surface area contributed by atoms with Crippen LogP contribution < -0.4 is 4.90 Å². The first-order valence-corrected chi connectivity index (χ1v) is 28.1. The van der Waals surface area contributed by atoms with E-state index in [1.807, 2.05) is 0 Å². The lowest BCUT2D eigenvalue weighted by Crippen LogP contribution is -2.48. The van der Waals surface area contributed by atoms with Gasteiger partial charge in [0.2, 0.25) is 0 Å². The maximum atomic E-state index is 2.67. The molecule has 5 aliphatic carbocycles. The third kappa shape index (κ3) is 6.87.